The highest BCUT2D eigenvalue weighted by molar-refractivity contribution is 7.22. The summed E-state index contributed by atoms with van der Waals surface area (Å²) in [5.41, 5.74) is 2.60. The van der Waals surface area contributed by atoms with Gasteiger partial charge in [-0.25, -0.2) is 4.98 Å². The van der Waals surface area contributed by atoms with Gasteiger partial charge in [-0.1, -0.05) is 41.1 Å². The number of amides is 1. The van der Waals surface area contributed by atoms with E-state index < -0.39 is 0 Å². The van der Waals surface area contributed by atoms with Crippen LogP contribution in [0.15, 0.2) is 42.5 Å². The van der Waals surface area contributed by atoms with Crippen LogP contribution in [0.4, 0.5) is 5.13 Å². The predicted molar refractivity (Wildman–Crippen MR) is 105 cm³/mol. The van der Waals surface area contributed by atoms with Crippen LogP contribution >= 0.6 is 22.9 Å². The second-order valence-corrected chi connectivity index (χ2v) is 7.79. The first-order valence-corrected chi connectivity index (χ1v) is 9.38. The topological polar surface area (TPSA) is 37.6 Å². The lowest BCUT2D eigenvalue weighted by atomic mass is 10.2. The van der Waals surface area contributed by atoms with Crippen molar-refractivity contribution in [2.24, 2.45) is 0 Å². The van der Waals surface area contributed by atoms with Crippen molar-refractivity contribution in [2.45, 2.75) is 6.92 Å². The maximum Gasteiger partial charge on any atom is 0.260 e. The minimum atomic E-state index is -0.0235. The second-order valence-electron chi connectivity index (χ2n) is 6.35. The van der Waals surface area contributed by atoms with Crippen LogP contribution < -0.4 is 9.80 Å². The summed E-state index contributed by atoms with van der Waals surface area (Å²) < 4.78 is 1.00. The number of carbonyl (C=O) groups excluding carboxylic acids is 1. The first kappa shape index (κ1) is 17.9. The van der Waals surface area contributed by atoms with Gasteiger partial charge in [0.2, 0.25) is 0 Å². The Morgan fingerprint density at radius 2 is 1.96 bits per heavy atom. The Labute approximate surface area is 156 Å². The Kier molecular flexibility index (Phi) is 5.37. The smallest absolute Gasteiger partial charge is 0.260 e. The van der Waals surface area contributed by atoms with Crippen LogP contribution in [-0.4, -0.2) is 38.1 Å². The van der Waals surface area contributed by atoms with Gasteiger partial charge in [-0.2, -0.15) is 0 Å². The van der Waals surface area contributed by atoms with Gasteiger partial charge in [0.25, 0.3) is 5.91 Å². The van der Waals surface area contributed by atoms with Crippen LogP contribution in [0.2, 0.25) is 5.02 Å². The number of rotatable bonds is 5. The molecule has 1 amide bonds. The number of likely N-dealkylation sites (N-methyl/N-ethyl adjacent to an activating group) is 1. The summed E-state index contributed by atoms with van der Waals surface area (Å²) in [6, 6.07) is 13.2. The van der Waals surface area contributed by atoms with Gasteiger partial charge in [-0.15, -0.1) is 0 Å². The molecule has 0 bridgehead atoms. The molecule has 1 aromatic heterocycles. The number of thiazole rings is 1. The lowest BCUT2D eigenvalue weighted by Crippen LogP contribution is -3.06. The van der Waals surface area contributed by atoms with Crippen LogP contribution in [-0.2, 0) is 0 Å². The van der Waals surface area contributed by atoms with E-state index in [2.05, 4.69) is 14.1 Å². The number of hydrogen-bond acceptors (Lipinski definition) is 3. The fourth-order valence-corrected chi connectivity index (χ4v) is 4.06. The van der Waals surface area contributed by atoms with E-state index >= 15 is 0 Å². The summed E-state index contributed by atoms with van der Waals surface area (Å²) in [7, 11) is 4.15. The van der Waals surface area contributed by atoms with E-state index in [0.29, 0.717) is 17.1 Å². The molecule has 1 heterocycles. The zero-order valence-corrected chi connectivity index (χ0v) is 16.1. The van der Waals surface area contributed by atoms with Gasteiger partial charge in [0, 0.05) is 10.6 Å². The number of nitrogens with one attached hydrogen (secondary N) is 1. The van der Waals surface area contributed by atoms with Crippen molar-refractivity contribution in [3.8, 4) is 0 Å². The lowest BCUT2D eigenvalue weighted by Gasteiger charge is -2.20. The summed E-state index contributed by atoms with van der Waals surface area (Å²) >= 11 is 7.68. The highest BCUT2D eigenvalue weighted by Crippen LogP contribution is 2.33. The zero-order valence-electron chi connectivity index (χ0n) is 14.5. The molecule has 0 saturated carbocycles. The molecule has 0 unspecified atom stereocenters. The minimum Gasteiger partial charge on any atom is -0.338 e. The number of fused-ring (bicyclic) bond motifs is 1. The molecule has 3 rings (SSSR count). The van der Waals surface area contributed by atoms with Gasteiger partial charge in [0.15, 0.2) is 5.13 Å². The fourth-order valence-electron chi connectivity index (χ4n) is 2.61. The van der Waals surface area contributed by atoms with Crippen molar-refractivity contribution in [3.05, 3.63) is 58.6 Å². The average molecular weight is 375 g/mol. The predicted octanol–water partition coefficient (Wildman–Crippen LogP) is 3.05. The maximum absolute atomic E-state index is 13.0. The van der Waals surface area contributed by atoms with Crippen LogP contribution in [0.1, 0.15) is 15.9 Å². The number of benzene rings is 2. The molecule has 0 aliphatic rings. The first-order valence-electron chi connectivity index (χ1n) is 8.18. The number of carbonyl (C=O) groups is 1. The van der Waals surface area contributed by atoms with Crippen molar-refractivity contribution < 1.29 is 9.69 Å². The monoisotopic (exact) mass is 374 g/mol. The molecule has 0 fully saturated rings. The molecule has 4 nitrogen and oxygen atoms in total. The third-order valence-corrected chi connectivity index (χ3v) is 5.21. The van der Waals surface area contributed by atoms with E-state index in [-0.39, 0.29) is 5.91 Å². The first-order chi connectivity index (χ1) is 12.0. The molecule has 3 aromatic rings. The van der Waals surface area contributed by atoms with Gasteiger partial charge >= 0.3 is 0 Å². The summed E-state index contributed by atoms with van der Waals surface area (Å²) in [6.07, 6.45) is 0. The summed E-state index contributed by atoms with van der Waals surface area (Å²) in [6.45, 7) is 3.45. The fraction of sp³-hybridized carbons (Fsp3) is 0.263. The molecule has 6 heteroatoms. The molecule has 0 aliphatic heterocycles. The highest BCUT2D eigenvalue weighted by Gasteiger charge is 2.22. The van der Waals surface area contributed by atoms with Crippen LogP contribution in [0.5, 0.6) is 0 Å². The Morgan fingerprint density at radius 1 is 1.24 bits per heavy atom. The summed E-state index contributed by atoms with van der Waals surface area (Å²) in [5, 5.41) is 1.41. The van der Waals surface area contributed by atoms with E-state index in [4.69, 9.17) is 16.6 Å². The van der Waals surface area contributed by atoms with E-state index in [0.717, 1.165) is 27.5 Å². The van der Waals surface area contributed by atoms with Crippen LogP contribution in [0.3, 0.4) is 0 Å². The van der Waals surface area contributed by atoms with Crippen molar-refractivity contribution >= 4 is 44.2 Å². The molecule has 0 spiro atoms. The Hall–Kier alpha value is -1.95. The molecule has 0 saturated heterocycles. The number of nitrogens with zero attached hydrogens (tertiary/aromatic N) is 2. The third kappa shape index (κ3) is 4.00. The zero-order chi connectivity index (χ0) is 18.0. The van der Waals surface area contributed by atoms with Crippen molar-refractivity contribution in [1.29, 1.82) is 0 Å². The number of anilines is 1. The van der Waals surface area contributed by atoms with Gasteiger partial charge in [0.1, 0.15) is 0 Å². The van der Waals surface area contributed by atoms with E-state index in [1.54, 1.807) is 4.90 Å². The molecule has 25 heavy (non-hydrogen) atoms. The molecule has 0 radical (unpaired) electrons. The largest absolute Gasteiger partial charge is 0.338 e. The SMILES string of the molecule is Cc1cc(Cl)cc2sc(N(CC[NH+](C)C)C(=O)c3ccccc3)nc12. The van der Waals surface area contributed by atoms with Gasteiger partial charge in [-0.05, 0) is 36.8 Å². The Balaban J connectivity index is 2.02. The number of aromatic nitrogens is 1. The quantitative estimate of drug-likeness (QED) is 0.745. The number of halogens is 1. The standard InChI is InChI=1S/C19H20ClN3OS/c1-13-11-15(20)12-16-17(13)21-19(25-16)23(10-9-22(2)3)18(24)14-7-5-4-6-8-14/h4-8,11-12H,9-10H2,1-3H3/p+1. The van der Waals surface area contributed by atoms with E-state index in [1.807, 2.05) is 49.4 Å². The highest BCUT2D eigenvalue weighted by atomic mass is 35.5. The molecule has 0 atom stereocenters. The lowest BCUT2D eigenvalue weighted by molar-refractivity contribution is -0.856. The minimum absolute atomic E-state index is 0.0235. The molecular weight excluding hydrogens is 354 g/mol. The Bertz CT molecular complexity index is 892. The summed E-state index contributed by atoms with van der Waals surface area (Å²) in [4.78, 5) is 20.8. The van der Waals surface area contributed by atoms with Gasteiger partial charge in [0.05, 0.1) is 37.4 Å². The number of aryl methyl sites for hydroxylation is 1. The van der Waals surface area contributed by atoms with E-state index in [1.165, 1.54) is 16.2 Å². The molecule has 130 valence electrons. The molecule has 0 aliphatic carbocycles. The molecular formula is C19H21ClN3OS+. The number of quaternary nitrogens is 1. The molecule has 2 aromatic carbocycles. The molecule has 1 N–H and O–H groups in total. The van der Waals surface area contributed by atoms with Gasteiger partial charge < -0.3 is 4.90 Å². The van der Waals surface area contributed by atoms with Gasteiger partial charge in [-0.3, -0.25) is 9.69 Å². The van der Waals surface area contributed by atoms with Crippen molar-refractivity contribution in [3.63, 3.8) is 0 Å². The normalized spacial score (nSPS) is 11.2. The van der Waals surface area contributed by atoms with Crippen LogP contribution in [0, 0.1) is 6.92 Å². The third-order valence-electron chi connectivity index (χ3n) is 3.97. The van der Waals surface area contributed by atoms with E-state index in [9.17, 15) is 4.79 Å². The second kappa shape index (κ2) is 7.52. The van der Waals surface area contributed by atoms with Crippen molar-refractivity contribution in [1.82, 2.24) is 4.98 Å². The van der Waals surface area contributed by atoms with Crippen LogP contribution in [0.25, 0.3) is 10.2 Å². The Morgan fingerprint density at radius 3 is 2.64 bits per heavy atom. The maximum atomic E-state index is 13.0. The number of hydrogen-bond donors (Lipinski definition) is 1. The summed E-state index contributed by atoms with van der Waals surface area (Å²) in [5.74, 6) is -0.0235. The van der Waals surface area contributed by atoms with Crippen molar-refractivity contribution in [2.75, 3.05) is 32.1 Å². The average Bonchev–Trinajstić information content (AvgIpc) is 2.99.